The Morgan fingerprint density at radius 3 is 2.30 bits per heavy atom. The molecule has 0 aliphatic carbocycles. The van der Waals surface area contributed by atoms with Gasteiger partial charge in [-0.15, -0.1) is 0 Å². The molecule has 0 spiro atoms. The standard InChI is InChI=1S/C52H87FN6O14/c1-15-40-52(11,66)44(61)33(7)57(13)24-28(2)22-50(9,65)46(31(5)43(32(6)47(63)71-40)72-41-23-51(10,67-14)45(62)34(8)69-41)73-48-42(60)39(21-30(4)68-48)56(12)19-18-35-25-58(55-54-35)26-37-27-59(49(64)70-37)36-16-17-38(53)29(3)20-36/h16-17,20,28,30-35,37,39-46,48,60-62,65-66H,15,18-19,21-27H2,1-14H3/t28-,30-,31+,32-,33-,34+,35?,37+,39+,40-,41+,42-,43+,44-,45+,46-,48+,50-,51-,52-/m1/s1. The Hall–Kier alpha value is -3.19. The Morgan fingerprint density at radius 2 is 1.64 bits per heavy atom. The Labute approximate surface area is 431 Å². The summed E-state index contributed by atoms with van der Waals surface area (Å²) in [7, 11) is 5.25. The van der Waals surface area contributed by atoms with Crippen LogP contribution in [0.5, 0.6) is 0 Å². The van der Waals surface area contributed by atoms with Crippen molar-refractivity contribution < 1.29 is 72.7 Å². The second-order valence-electron chi connectivity index (χ2n) is 22.8. The summed E-state index contributed by atoms with van der Waals surface area (Å²) in [5.41, 5.74) is -3.58. The zero-order chi connectivity index (χ0) is 54.1. The summed E-state index contributed by atoms with van der Waals surface area (Å²) in [5, 5.41) is 70.4. The van der Waals surface area contributed by atoms with Gasteiger partial charge in [-0.25, -0.2) is 9.18 Å². The maximum atomic E-state index is 14.5. The van der Waals surface area contributed by atoms with Gasteiger partial charge in [0.1, 0.15) is 41.9 Å². The van der Waals surface area contributed by atoms with Gasteiger partial charge in [0.2, 0.25) is 0 Å². The lowest BCUT2D eigenvalue weighted by Gasteiger charge is -2.49. The van der Waals surface area contributed by atoms with Crippen LogP contribution in [0.1, 0.15) is 107 Å². The van der Waals surface area contributed by atoms with Crippen LogP contribution in [0.15, 0.2) is 28.5 Å². The Balaban J connectivity index is 1.20. The number of aryl methyl sites for hydroxylation is 1. The fraction of sp³-hybridized carbons (Fsp3) is 0.846. The number of hydrogen-bond donors (Lipinski definition) is 5. The van der Waals surface area contributed by atoms with Gasteiger partial charge >= 0.3 is 12.1 Å². The molecule has 416 valence electrons. The summed E-state index contributed by atoms with van der Waals surface area (Å²) >= 11 is 0. The van der Waals surface area contributed by atoms with Crippen molar-refractivity contribution in [2.75, 3.05) is 58.8 Å². The van der Waals surface area contributed by atoms with Gasteiger partial charge in [-0.05, 0) is 125 Å². The Morgan fingerprint density at radius 1 is 0.945 bits per heavy atom. The minimum absolute atomic E-state index is 0.0885. The van der Waals surface area contributed by atoms with Crippen LogP contribution in [-0.2, 0) is 38.0 Å². The van der Waals surface area contributed by atoms with Crippen molar-refractivity contribution in [2.45, 2.75) is 211 Å². The van der Waals surface area contributed by atoms with Crippen LogP contribution in [-0.4, -0.2) is 209 Å². The molecule has 1 unspecified atom stereocenters. The van der Waals surface area contributed by atoms with E-state index in [1.807, 2.05) is 32.8 Å². The number of aliphatic hydroxyl groups excluding tert-OH is 3. The van der Waals surface area contributed by atoms with Crippen molar-refractivity contribution in [2.24, 2.45) is 28.1 Å². The molecule has 1 aromatic rings. The second kappa shape index (κ2) is 24.0. The van der Waals surface area contributed by atoms with E-state index in [1.165, 1.54) is 25.0 Å². The number of ether oxygens (including phenoxy) is 7. The van der Waals surface area contributed by atoms with Crippen LogP contribution in [0.4, 0.5) is 14.9 Å². The molecule has 5 aliphatic rings. The molecule has 6 rings (SSSR count). The molecule has 0 radical (unpaired) electrons. The number of aliphatic hydroxyl groups is 5. The predicted molar refractivity (Wildman–Crippen MR) is 267 cm³/mol. The molecule has 5 heterocycles. The first-order valence-electron chi connectivity index (χ1n) is 26.3. The third-order valence-corrected chi connectivity index (χ3v) is 16.4. The van der Waals surface area contributed by atoms with Crippen molar-refractivity contribution in [3.8, 4) is 0 Å². The summed E-state index contributed by atoms with van der Waals surface area (Å²) in [5.74, 6) is -3.19. The molecule has 5 N–H and O–H groups in total. The summed E-state index contributed by atoms with van der Waals surface area (Å²) in [6.07, 6.45) is -9.65. The molecule has 20 nitrogen and oxygen atoms in total. The quantitative estimate of drug-likeness (QED) is 0.174. The first-order chi connectivity index (χ1) is 34.1. The van der Waals surface area contributed by atoms with Gasteiger partial charge in [0, 0.05) is 50.3 Å². The minimum atomic E-state index is -1.85. The van der Waals surface area contributed by atoms with E-state index in [1.54, 1.807) is 72.5 Å². The zero-order valence-corrected chi connectivity index (χ0v) is 45.6. The van der Waals surface area contributed by atoms with Crippen LogP contribution in [0.2, 0.25) is 0 Å². The van der Waals surface area contributed by atoms with Gasteiger partial charge in [-0.1, -0.05) is 26.0 Å². The van der Waals surface area contributed by atoms with Crippen LogP contribution in [0.3, 0.4) is 0 Å². The maximum Gasteiger partial charge on any atom is 0.414 e. The number of likely N-dealkylation sites (N-methyl/N-ethyl adjacent to an activating group) is 2. The average Bonchev–Trinajstić information content (AvgIpc) is 3.94. The van der Waals surface area contributed by atoms with Crippen molar-refractivity contribution >= 4 is 17.7 Å². The molecule has 20 atom stereocenters. The van der Waals surface area contributed by atoms with E-state index in [4.69, 9.17) is 33.2 Å². The number of carbonyl (C=O) groups excluding carboxylic acids is 2. The predicted octanol–water partition coefficient (Wildman–Crippen LogP) is 4.19. The maximum absolute atomic E-state index is 14.5. The highest BCUT2D eigenvalue weighted by Gasteiger charge is 2.53. The van der Waals surface area contributed by atoms with Crippen LogP contribution in [0, 0.1) is 30.5 Å². The summed E-state index contributed by atoms with van der Waals surface area (Å²) < 4.78 is 57.8. The molecule has 21 heteroatoms. The SMILES string of the molecule is CC[C@H]1OC(=O)[C@H](C)[C@@H](O[C@H]2C[C@@](C)(OC)[C@@H](O)[C@H](C)O2)[C@H](C)[C@@H](O[C@@H]2O[C@H](C)C[C@H](N(C)CCC3CN(C[C@H]4CN(c5ccc(F)c(C)c5)C(=O)O4)N=N3)[C@H]2O)[C@](C)(O)C[C@@H](C)CN(C)[C@H](C)[C@@H](O)[C@]1(C)O. The molecule has 1 amide bonds. The van der Waals surface area contributed by atoms with Crippen LogP contribution >= 0.6 is 0 Å². The van der Waals surface area contributed by atoms with E-state index in [2.05, 4.69) is 15.2 Å². The van der Waals surface area contributed by atoms with Crippen molar-refractivity contribution in [1.82, 2.24) is 14.8 Å². The van der Waals surface area contributed by atoms with Gasteiger partial charge in [0.05, 0.1) is 67.2 Å². The topological polar surface area (TPSA) is 238 Å². The number of benzene rings is 1. The molecular weight excluding hydrogens is 952 g/mol. The third kappa shape index (κ3) is 13.5. The zero-order valence-electron chi connectivity index (χ0n) is 45.6. The normalized spacial score (nSPS) is 42.7. The fourth-order valence-electron chi connectivity index (χ4n) is 11.8. The highest BCUT2D eigenvalue weighted by atomic mass is 19.1. The van der Waals surface area contributed by atoms with Crippen molar-refractivity contribution in [3.05, 3.63) is 29.6 Å². The number of amides is 1. The molecule has 0 saturated carbocycles. The second-order valence-corrected chi connectivity index (χ2v) is 22.8. The monoisotopic (exact) mass is 1040 g/mol. The number of cyclic esters (lactones) is 2. The smallest absolute Gasteiger partial charge is 0.414 e. The molecule has 4 saturated heterocycles. The lowest BCUT2D eigenvalue weighted by Crippen LogP contribution is -2.61. The minimum Gasteiger partial charge on any atom is -0.459 e. The largest absolute Gasteiger partial charge is 0.459 e. The van der Waals surface area contributed by atoms with Crippen LogP contribution in [0.25, 0.3) is 0 Å². The molecule has 5 aliphatic heterocycles. The van der Waals surface area contributed by atoms with E-state index < -0.39 is 114 Å². The summed E-state index contributed by atoms with van der Waals surface area (Å²) in [4.78, 5) is 32.7. The van der Waals surface area contributed by atoms with Gasteiger partial charge in [-0.2, -0.15) is 5.11 Å². The first-order valence-corrected chi connectivity index (χ1v) is 26.3. The fourth-order valence-corrected chi connectivity index (χ4v) is 11.8. The number of carbonyl (C=O) groups is 2. The van der Waals surface area contributed by atoms with Gasteiger partial charge in [-0.3, -0.25) is 14.7 Å². The number of halogens is 1. The van der Waals surface area contributed by atoms with Gasteiger partial charge in [0.15, 0.2) is 12.6 Å². The van der Waals surface area contributed by atoms with E-state index in [0.29, 0.717) is 50.3 Å². The van der Waals surface area contributed by atoms with E-state index in [-0.39, 0.29) is 49.7 Å². The van der Waals surface area contributed by atoms with Crippen molar-refractivity contribution in [1.29, 1.82) is 0 Å². The molecule has 73 heavy (non-hydrogen) atoms. The van der Waals surface area contributed by atoms with E-state index in [0.717, 1.165) is 0 Å². The molecular formula is C52H87FN6O14. The van der Waals surface area contributed by atoms with E-state index >= 15 is 0 Å². The highest BCUT2D eigenvalue weighted by molar-refractivity contribution is 5.89. The summed E-state index contributed by atoms with van der Waals surface area (Å²) in [6.45, 7) is 21.2. The Bertz CT molecular complexity index is 2040. The van der Waals surface area contributed by atoms with Gasteiger partial charge in [0.25, 0.3) is 0 Å². The van der Waals surface area contributed by atoms with Gasteiger partial charge < -0.3 is 68.5 Å². The number of anilines is 1. The molecule has 4 fully saturated rings. The summed E-state index contributed by atoms with van der Waals surface area (Å²) in [6, 6.07) is 3.31. The first kappa shape index (κ1) is 59.1. The Kier molecular flexibility index (Phi) is 19.4. The lowest BCUT2D eigenvalue weighted by atomic mass is 9.77. The van der Waals surface area contributed by atoms with Crippen molar-refractivity contribution in [3.63, 3.8) is 0 Å². The number of methoxy groups -OCH3 is 1. The number of esters is 1. The number of hydrogen-bond acceptors (Lipinski definition) is 19. The lowest BCUT2D eigenvalue weighted by molar-refractivity contribution is -0.318. The number of rotatable bonds is 13. The average molecular weight is 1040 g/mol. The molecule has 0 aromatic heterocycles. The van der Waals surface area contributed by atoms with Crippen LogP contribution < -0.4 is 4.90 Å². The van der Waals surface area contributed by atoms with E-state index in [9.17, 15) is 39.5 Å². The third-order valence-electron chi connectivity index (χ3n) is 16.4. The number of nitrogens with zero attached hydrogens (tertiary/aromatic N) is 6. The highest BCUT2D eigenvalue weighted by Crippen LogP contribution is 2.40. The molecule has 0 bridgehead atoms. The molecule has 1 aromatic carbocycles.